The first kappa shape index (κ1) is 36.2. The molecule has 226 valence electrons. The number of esters is 2. The van der Waals surface area contributed by atoms with Crippen molar-refractivity contribution in [1.29, 1.82) is 0 Å². The zero-order chi connectivity index (χ0) is 30.4. The first-order valence-corrected chi connectivity index (χ1v) is 20.0. The number of ether oxygens (including phenoxy) is 4. The molecule has 0 amide bonds. The number of halogens is 1. The van der Waals surface area contributed by atoms with Crippen molar-refractivity contribution < 1.29 is 42.5 Å². The largest absolute Gasteiger partial charge is 0.457 e. The van der Waals surface area contributed by atoms with E-state index in [9.17, 15) is 14.7 Å². The van der Waals surface area contributed by atoms with Crippen LogP contribution in [0.15, 0.2) is 0 Å². The van der Waals surface area contributed by atoms with E-state index in [1.54, 1.807) is 0 Å². The van der Waals surface area contributed by atoms with Crippen molar-refractivity contribution in [3.05, 3.63) is 0 Å². The van der Waals surface area contributed by atoms with Gasteiger partial charge in [-0.3, -0.25) is 9.59 Å². The molecule has 0 spiro atoms. The van der Waals surface area contributed by atoms with Gasteiger partial charge in [0.2, 0.25) is 0 Å². The standard InChI is InChI=1S/C27H49BrO9Si2/c1-18(29)34-22-21(17-33-38(9,10)26(3,4)5)36-25(32-16-14-20(31)13-15-28)24(35-19(2)30)23(22)37-39(11,12)27(6,7)8/h20-25,31H,14,16-17H2,1-12H3/t20-,21+,22+,23-,24+,25+/m0/s1. The fraction of sp³-hybridized carbons (Fsp3) is 0.852. The van der Waals surface area contributed by atoms with Crippen LogP contribution in [0.25, 0.3) is 0 Å². The van der Waals surface area contributed by atoms with E-state index in [2.05, 4.69) is 94.4 Å². The summed E-state index contributed by atoms with van der Waals surface area (Å²) in [4.78, 5) is 27.0. The van der Waals surface area contributed by atoms with Gasteiger partial charge in [-0.15, -0.1) is 0 Å². The van der Waals surface area contributed by atoms with Crippen LogP contribution in [0.4, 0.5) is 0 Å². The molecule has 1 fully saturated rings. The summed E-state index contributed by atoms with van der Waals surface area (Å²) in [5.74, 6) is 1.53. The van der Waals surface area contributed by atoms with Crippen molar-refractivity contribution in [1.82, 2.24) is 0 Å². The van der Waals surface area contributed by atoms with E-state index < -0.39 is 65.4 Å². The maximum Gasteiger partial charge on any atom is 0.303 e. The molecule has 1 aliphatic heterocycles. The fourth-order valence-electron chi connectivity index (χ4n) is 3.39. The Bertz CT molecular complexity index is 886. The van der Waals surface area contributed by atoms with Crippen molar-refractivity contribution in [3.63, 3.8) is 0 Å². The summed E-state index contributed by atoms with van der Waals surface area (Å²) in [5, 5.41) is 9.78. The van der Waals surface area contributed by atoms with E-state index in [1.165, 1.54) is 13.8 Å². The molecule has 6 atom stereocenters. The topological polar surface area (TPSA) is 110 Å². The predicted molar refractivity (Wildman–Crippen MR) is 158 cm³/mol. The molecule has 1 rings (SSSR count). The molecule has 0 aliphatic carbocycles. The van der Waals surface area contributed by atoms with Gasteiger partial charge in [0.25, 0.3) is 0 Å². The second kappa shape index (κ2) is 14.4. The number of rotatable bonds is 11. The third-order valence-corrected chi connectivity index (χ3v) is 16.9. The summed E-state index contributed by atoms with van der Waals surface area (Å²) in [6.07, 6.45) is -5.30. The van der Waals surface area contributed by atoms with Crippen LogP contribution in [0.5, 0.6) is 0 Å². The number of hydrogen-bond donors (Lipinski definition) is 1. The molecule has 1 heterocycles. The lowest BCUT2D eigenvalue weighted by atomic mass is 9.98. The van der Waals surface area contributed by atoms with Gasteiger partial charge in [0.1, 0.15) is 18.3 Å². The summed E-state index contributed by atoms with van der Waals surface area (Å²) in [6.45, 7) is 23.9. The van der Waals surface area contributed by atoms with E-state index in [4.69, 9.17) is 27.8 Å². The predicted octanol–water partition coefficient (Wildman–Crippen LogP) is 5.11. The van der Waals surface area contributed by atoms with Crippen LogP contribution < -0.4 is 0 Å². The Kier molecular flexibility index (Phi) is 13.4. The van der Waals surface area contributed by atoms with Gasteiger partial charge in [0.15, 0.2) is 35.1 Å². The number of aliphatic hydroxyl groups is 1. The second-order valence-electron chi connectivity index (χ2n) is 13.0. The van der Waals surface area contributed by atoms with Gasteiger partial charge in [0, 0.05) is 36.2 Å². The van der Waals surface area contributed by atoms with Crippen molar-refractivity contribution in [2.75, 3.05) is 13.2 Å². The zero-order valence-corrected chi connectivity index (χ0v) is 29.3. The zero-order valence-electron chi connectivity index (χ0n) is 25.7. The highest BCUT2D eigenvalue weighted by Crippen LogP contribution is 2.41. The molecule has 0 aromatic rings. The lowest BCUT2D eigenvalue weighted by molar-refractivity contribution is -0.303. The number of aliphatic hydroxyl groups excluding tert-OH is 1. The van der Waals surface area contributed by atoms with Crippen molar-refractivity contribution in [3.8, 4) is 10.8 Å². The molecule has 0 aromatic carbocycles. The minimum atomic E-state index is -2.48. The number of carbonyl (C=O) groups excluding carboxylic acids is 2. The minimum absolute atomic E-state index is 0.0571. The first-order chi connectivity index (χ1) is 17.6. The summed E-state index contributed by atoms with van der Waals surface area (Å²) >= 11 is 2.98. The minimum Gasteiger partial charge on any atom is -0.457 e. The summed E-state index contributed by atoms with van der Waals surface area (Å²) in [6, 6.07) is 0. The molecular formula is C27H49BrO9Si2. The maximum atomic E-state index is 12.3. The fourth-order valence-corrected chi connectivity index (χ4v) is 5.97. The first-order valence-electron chi connectivity index (χ1n) is 13.4. The van der Waals surface area contributed by atoms with Gasteiger partial charge in [-0.25, -0.2) is 0 Å². The third kappa shape index (κ3) is 10.9. The lowest BCUT2D eigenvalue weighted by Gasteiger charge is -2.49. The molecule has 12 heteroatoms. The Morgan fingerprint density at radius 2 is 1.44 bits per heavy atom. The summed E-state index contributed by atoms with van der Waals surface area (Å²) in [7, 11) is -4.68. The molecule has 1 saturated heterocycles. The Morgan fingerprint density at radius 1 is 0.923 bits per heavy atom. The molecule has 0 saturated carbocycles. The average Bonchev–Trinajstić information content (AvgIpc) is 2.74. The number of hydrogen-bond acceptors (Lipinski definition) is 9. The molecule has 9 nitrogen and oxygen atoms in total. The smallest absolute Gasteiger partial charge is 0.303 e. The van der Waals surface area contributed by atoms with Crippen LogP contribution in [0, 0.1) is 10.8 Å². The van der Waals surface area contributed by atoms with Crippen LogP contribution >= 0.6 is 15.9 Å². The monoisotopic (exact) mass is 652 g/mol. The van der Waals surface area contributed by atoms with Crippen molar-refractivity contribution in [2.24, 2.45) is 0 Å². The second-order valence-corrected chi connectivity index (χ2v) is 23.0. The van der Waals surface area contributed by atoms with E-state index >= 15 is 0 Å². The van der Waals surface area contributed by atoms with Gasteiger partial charge in [0.05, 0.1) is 13.2 Å². The molecular weight excluding hydrogens is 604 g/mol. The maximum absolute atomic E-state index is 12.3. The molecule has 0 unspecified atom stereocenters. The van der Waals surface area contributed by atoms with Crippen molar-refractivity contribution >= 4 is 44.5 Å². The quantitative estimate of drug-likeness (QED) is 0.185. The lowest BCUT2D eigenvalue weighted by Crippen LogP contribution is -2.65. The summed E-state index contributed by atoms with van der Waals surface area (Å²) < 4.78 is 37.2. The molecule has 39 heavy (non-hydrogen) atoms. The van der Waals surface area contributed by atoms with E-state index in [0.717, 1.165) is 0 Å². The molecule has 0 bridgehead atoms. The number of carbonyl (C=O) groups is 2. The van der Waals surface area contributed by atoms with Gasteiger partial charge >= 0.3 is 11.9 Å². The Morgan fingerprint density at radius 3 is 1.90 bits per heavy atom. The highest BCUT2D eigenvalue weighted by molar-refractivity contribution is 9.12. The molecule has 1 aliphatic rings. The Balaban J connectivity index is 3.53. The highest BCUT2D eigenvalue weighted by Gasteiger charge is 2.54. The van der Waals surface area contributed by atoms with Gasteiger partial charge in [-0.05, 0) is 41.1 Å². The third-order valence-electron chi connectivity index (χ3n) is 7.74. The van der Waals surface area contributed by atoms with E-state index in [-0.39, 0.29) is 29.7 Å². The van der Waals surface area contributed by atoms with Gasteiger partial charge in [-0.2, -0.15) is 0 Å². The van der Waals surface area contributed by atoms with Crippen LogP contribution in [0.3, 0.4) is 0 Å². The van der Waals surface area contributed by atoms with Crippen LogP contribution in [-0.4, -0.2) is 83.7 Å². The van der Waals surface area contributed by atoms with E-state index in [1.807, 2.05) is 0 Å². The van der Waals surface area contributed by atoms with Crippen LogP contribution in [0.1, 0.15) is 61.8 Å². The Hall–Kier alpha value is -0.786. The summed E-state index contributed by atoms with van der Waals surface area (Å²) in [5.41, 5.74) is 0. The molecule has 0 radical (unpaired) electrons. The normalized spacial score (nSPS) is 25.3. The highest BCUT2D eigenvalue weighted by atomic mass is 79.9. The SMILES string of the molecule is CC(=O)O[C@H]1[C@H](OCC[C@@H](O)C#CBr)O[C@H](CO[Si](C)(C)C(C)(C)C)[C@@H](OC(C)=O)[C@@H]1O[Si](C)(C)C(C)(C)C. The van der Waals surface area contributed by atoms with Crippen molar-refractivity contribution in [2.45, 2.75) is 135 Å². The van der Waals surface area contributed by atoms with Gasteiger partial charge < -0.3 is 32.9 Å². The van der Waals surface area contributed by atoms with E-state index in [0.29, 0.717) is 0 Å². The molecule has 1 N–H and O–H groups in total. The molecule has 0 aromatic heterocycles. The van der Waals surface area contributed by atoms with Crippen LogP contribution in [-0.2, 0) is 37.4 Å². The average molecular weight is 654 g/mol. The van der Waals surface area contributed by atoms with Gasteiger partial charge in [-0.1, -0.05) is 47.5 Å². The Labute approximate surface area is 245 Å². The van der Waals surface area contributed by atoms with Crippen LogP contribution in [0.2, 0.25) is 36.3 Å².